The summed E-state index contributed by atoms with van der Waals surface area (Å²) in [7, 11) is 0. The van der Waals surface area contributed by atoms with E-state index in [1.54, 1.807) is 24.3 Å². The smallest absolute Gasteiger partial charge is 0.133 e. The first-order chi connectivity index (χ1) is 18.5. The largest absolute Gasteiger partial charge is 0.507 e. The Morgan fingerprint density at radius 2 is 0.947 bits per heavy atom. The Morgan fingerprint density at radius 3 is 1.42 bits per heavy atom. The summed E-state index contributed by atoms with van der Waals surface area (Å²) in [6.07, 6.45) is 5.85. The van der Waals surface area contributed by atoms with Crippen molar-refractivity contribution in [3.63, 3.8) is 0 Å². The third-order valence-corrected chi connectivity index (χ3v) is 6.11. The molecule has 0 bridgehead atoms. The molecule has 0 aliphatic rings. The molecule has 0 atom stereocenters. The topological polar surface area (TPSA) is 110 Å². The number of hydrogen-bond donors (Lipinski definition) is 3. The normalized spacial score (nSPS) is 12.2. The van der Waals surface area contributed by atoms with Crippen LogP contribution in [-0.2, 0) is 0 Å². The Kier molecular flexibility index (Phi) is 6.91. The molecule has 0 aromatic heterocycles. The van der Waals surface area contributed by atoms with Gasteiger partial charge in [0, 0.05) is 22.3 Å². The Labute approximate surface area is 219 Å². The molecule has 0 heterocycles. The van der Waals surface area contributed by atoms with Crippen LogP contribution in [0.1, 0.15) is 27.8 Å². The number of phenols is 3. The van der Waals surface area contributed by atoms with E-state index in [1.807, 2.05) is 67.6 Å². The van der Waals surface area contributed by atoms with Gasteiger partial charge in [0.1, 0.15) is 17.2 Å². The Balaban J connectivity index is 1.36. The van der Waals surface area contributed by atoms with Crippen molar-refractivity contribution in [2.45, 2.75) is 6.92 Å². The van der Waals surface area contributed by atoms with E-state index < -0.39 is 0 Å². The molecule has 0 spiro atoms. The van der Waals surface area contributed by atoms with Crippen LogP contribution in [0.5, 0.6) is 17.2 Å². The third kappa shape index (κ3) is 5.12. The molecular formula is C31H24N4O3. The van der Waals surface area contributed by atoms with Crippen molar-refractivity contribution in [2.24, 2.45) is 20.4 Å². The van der Waals surface area contributed by atoms with Gasteiger partial charge in [-0.05, 0) is 58.3 Å². The van der Waals surface area contributed by atoms with Gasteiger partial charge < -0.3 is 15.3 Å². The number of nitrogens with zero attached hydrogens (tertiary/aromatic N) is 4. The van der Waals surface area contributed by atoms with Crippen molar-refractivity contribution < 1.29 is 15.3 Å². The minimum Gasteiger partial charge on any atom is -0.507 e. The average molecular weight is 501 g/mol. The zero-order valence-corrected chi connectivity index (χ0v) is 20.5. The lowest BCUT2D eigenvalue weighted by molar-refractivity contribution is 0.473. The number of benzene rings is 5. The average Bonchev–Trinajstić information content (AvgIpc) is 2.93. The maximum Gasteiger partial charge on any atom is 0.133 e. The van der Waals surface area contributed by atoms with Crippen LogP contribution in [0.3, 0.4) is 0 Å². The minimum absolute atomic E-state index is 0.0190. The molecule has 0 radical (unpaired) electrons. The first-order valence-electron chi connectivity index (χ1n) is 11.9. The summed E-state index contributed by atoms with van der Waals surface area (Å²) >= 11 is 0. The van der Waals surface area contributed by atoms with Gasteiger partial charge in [0.2, 0.25) is 0 Å². The number of hydrogen-bond acceptors (Lipinski definition) is 7. The highest BCUT2D eigenvalue weighted by Crippen LogP contribution is 2.27. The standard InChI is InChI=1S/C31H24N4O3/c1-20-14-23(16-32-34-18-27-25-8-4-2-6-21(25)10-12-29(27)36)31(38)24(15-20)17-33-35-19-28-26-9-5-3-7-22(26)11-13-30(28)37/h2-19,36-38H,1H3/b32-16+,33-17+,34-18+,35-19+. The van der Waals surface area contributed by atoms with Crippen LogP contribution in [-0.4, -0.2) is 40.2 Å². The van der Waals surface area contributed by atoms with E-state index in [2.05, 4.69) is 20.4 Å². The van der Waals surface area contributed by atoms with Crippen LogP contribution >= 0.6 is 0 Å². The molecule has 0 fully saturated rings. The van der Waals surface area contributed by atoms with Gasteiger partial charge in [0.15, 0.2) is 0 Å². The molecule has 186 valence electrons. The maximum atomic E-state index is 10.8. The van der Waals surface area contributed by atoms with Crippen LogP contribution in [0.15, 0.2) is 105 Å². The van der Waals surface area contributed by atoms with Gasteiger partial charge >= 0.3 is 0 Å². The summed E-state index contributed by atoms with van der Waals surface area (Å²) in [5.41, 5.74) is 2.94. The van der Waals surface area contributed by atoms with Crippen molar-refractivity contribution in [3.8, 4) is 17.2 Å². The van der Waals surface area contributed by atoms with Crippen LogP contribution in [0.2, 0.25) is 0 Å². The molecule has 0 amide bonds. The highest BCUT2D eigenvalue weighted by molar-refractivity contribution is 6.03. The van der Waals surface area contributed by atoms with Crippen LogP contribution in [0, 0.1) is 6.92 Å². The lowest BCUT2D eigenvalue weighted by Gasteiger charge is -2.05. The van der Waals surface area contributed by atoms with E-state index >= 15 is 0 Å². The molecule has 38 heavy (non-hydrogen) atoms. The predicted octanol–water partition coefficient (Wildman–Crippen LogP) is 6.32. The summed E-state index contributed by atoms with van der Waals surface area (Å²) in [4.78, 5) is 0. The van der Waals surface area contributed by atoms with Crippen molar-refractivity contribution in [2.75, 3.05) is 0 Å². The first kappa shape index (κ1) is 24.4. The monoisotopic (exact) mass is 500 g/mol. The second kappa shape index (κ2) is 10.8. The maximum absolute atomic E-state index is 10.8. The van der Waals surface area contributed by atoms with E-state index in [0.717, 1.165) is 27.1 Å². The summed E-state index contributed by atoms with van der Waals surface area (Å²) in [5, 5.41) is 51.3. The molecule has 5 aromatic carbocycles. The summed E-state index contributed by atoms with van der Waals surface area (Å²) in [5.74, 6) is 0.198. The van der Waals surface area contributed by atoms with E-state index in [9.17, 15) is 15.3 Å². The minimum atomic E-state index is -0.0190. The van der Waals surface area contributed by atoms with Crippen molar-refractivity contribution >= 4 is 46.4 Å². The number of rotatable bonds is 6. The number of fused-ring (bicyclic) bond motifs is 2. The van der Waals surface area contributed by atoms with Gasteiger partial charge in [0.25, 0.3) is 0 Å². The molecule has 0 aliphatic carbocycles. The molecule has 7 heteroatoms. The van der Waals surface area contributed by atoms with Crippen LogP contribution in [0.4, 0.5) is 0 Å². The third-order valence-electron chi connectivity index (χ3n) is 6.11. The van der Waals surface area contributed by atoms with Gasteiger partial charge in [-0.2, -0.15) is 20.4 Å². The zero-order valence-electron chi connectivity index (χ0n) is 20.5. The molecule has 7 nitrogen and oxygen atoms in total. The molecule has 0 saturated heterocycles. The fraction of sp³-hybridized carbons (Fsp3) is 0.0323. The van der Waals surface area contributed by atoms with E-state index in [1.165, 1.54) is 24.9 Å². The lowest BCUT2D eigenvalue weighted by atomic mass is 10.0. The lowest BCUT2D eigenvalue weighted by Crippen LogP contribution is -1.92. The molecule has 0 aliphatic heterocycles. The molecule has 5 rings (SSSR count). The Morgan fingerprint density at radius 1 is 0.526 bits per heavy atom. The highest BCUT2D eigenvalue weighted by Gasteiger charge is 2.07. The highest BCUT2D eigenvalue weighted by atomic mass is 16.3. The SMILES string of the molecule is Cc1cc(/C=N/N=C/c2c(O)ccc3ccccc23)c(O)c(/C=N/N=C/c2c(O)ccc3ccccc23)c1. The molecular weight excluding hydrogens is 476 g/mol. The molecule has 3 N–H and O–H groups in total. The van der Waals surface area contributed by atoms with Crippen LogP contribution < -0.4 is 0 Å². The van der Waals surface area contributed by atoms with E-state index in [-0.39, 0.29) is 17.2 Å². The zero-order chi connectivity index (χ0) is 26.5. The quantitative estimate of drug-likeness (QED) is 0.187. The number of aromatic hydroxyl groups is 3. The van der Waals surface area contributed by atoms with E-state index in [0.29, 0.717) is 22.3 Å². The number of phenolic OH excluding ortho intramolecular Hbond substituents is 3. The fourth-order valence-corrected chi connectivity index (χ4v) is 4.25. The second-order valence-corrected chi connectivity index (χ2v) is 8.71. The molecule has 0 saturated carbocycles. The van der Waals surface area contributed by atoms with Crippen molar-refractivity contribution in [1.29, 1.82) is 0 Å². The Bertz CT molecular complexity index is 1640. The van der Waals surface area contributed by atoms with Crippen LogP contribution in [0.25, 0.3) is 21.5 Å². The van der Waals surface area contributed by atoms with Gasteiger partial charge in [-0.1, -0.05) is 60.7 Å². The van der Waals surface area contributed by atoms with E-state index in [4.69, 9.17) is 0 Å². The van der Waals surface area contributed by atoms with Crippen molar-refractivity contribution in [3.05, 3.63) is 113 Å². The van der Waals surface area contributed by atoms with Gasteiger partial charge in [-0.3, -0.25) is 0 Å². The molecule has 5 aromatic rings. The summed E-state index contributed by atoms with van der Waals surface area (Å²) in [6, 6.07) is 25.8. The van der Waals surface area contributed by atoms with Gasteiger partial charge in [-0.25, -0.2) is 0 Å². The summed E-state index contributed by atoms with van der Waals surface area (Å²) < 4.78 is 0. The molecule has 0 unspecified atom stereocenters. The second-order valence-electron chi connectivity index (χ2n) is 8.71. The Hall–Kier alpha value is -5.30. The van der Waals surface area contributed by atoms with Gasteiger partial charge in [0.05, 0.1) is 24.9 Å². The van der Waals surface area contributed by atoms with Crippen molar-refractivity contribution in [1.82, 2.24) is 0 Å². The number of aryl methyl sites for hydroxylation is 1. The predicted molar refractivity (Wildman–Crippen MR) is 154 cm³/mol. The van der Waals surface area contributed by atoms with Gasteiger partial charge in [-0.15, -0.1) is 0 Å². The summed E-state index contributed by atoms with van der Waals surface area (Å²) in [6.45, 7) is 1.89. The fourth-order valence-electron chi connectivity index (χ4n) is 4.25. The first-order valence-corrected chi connectivity index (χ1v) is 11.9.